The van der Waals surface area contributed by atoms with Crippen LogP contribution in [0, 0.1) is 11.6 Å². The molecule has 0 spiro atoms. The van der Waals surface area contributed by atoms with E-state index in [4.69, 9.17) is 5.73 Å². The molecule has 1 aromatic carbocycles. The van der Waals surface area contributed by atoms with Gasteiger partial charge in [-0.1, -0.05) is 19.8 Å². The zero-order valence-corrected chi connectivity index (χ0v) is 15.1. The van der Waals surface area contributed by atoms with Crippen LogP contribution in [-0.2, 0) is 6.54 Å². The standard InChI is InChI=1S/C19H18F4N4O/c1-2-3-4-5-27-9-15(21)10-6-12(14(20)7-11(10)19(27)28)18-25-8-13(16(22)23)17(24)26-18/h6-9,16H,2-5H2,1H3,(H2,24,25,26). The molecule has 0 fully saturated rings. The fraction of sp³-hybridized carbons (Fsp3) is 0.316. The Morgan fingerprint density at radius 2 is 1.89 bits per heavy atom. The lowest BCUT2D eigenvalue weighted by Gasteiger charge is -2.11. The van der Waals surface area contributed by atoms with Gasteiger partial charge in [0.1, 0.15) is 17.5 Å². The van der Waals surface area contributed by atoms with Gasteiger partial charge in [0.25, 0.3) is 12.0 Å². The maximum absolute atomic E-state index is 14.6. The van der Waals surface area contributed by atoms with Crippen LogP contribution in [0.25, 0.3) is 22.2 Å². The Hall–Kier alpha value is -2.97. The molecule has 148 valence electrons. The number of benzene rings is 1. The predicted octanol–water partition coefficient (Wildman–Crippen LogP) is 4.45. The van der Waals surface area contributed by atoms with E-state index in [2.05, 4.69) is 9.97 Å². The zero-order valence-electron chi connectivity index (χ0n) is 15.1. The molecule has 0 aliphatic rings. The number of aryl methyl sites for hydroxylation is 1. The number of hydrogen-bond acceptors (Lipinski definition) is 4. The van der Waals surface area contributed by atoms with Gasteiger partial charge in [-0.15, -0.1) is 0 Å². The summed E-state index contributed by atoms with van der Waals surface area (Å²) in [7, 11) is 0. The van der Waals surface area contributed by atoms with E-state index < -0.39 is 35.0 Å². The Kier molecular flexibility index (Phi) is 5.62. The van der Waals surface area contributed by atoms with Gasteiger partial charge in [0.2, 0.25) is 0 Å². The Labute approximate surface area is 157 Å². The van der Waals surface area contributed by atoms with Gasteiger partial charge in [-0.3, -0.25) is 4.79 Å². The Balaban J connectivity index is 2.11. The molecule has 0 radical (unpaired) electrons. The third-order valence-electron chi connectivity index (χ3n) is 4.45. The van der Waals surface area contributed by atoms with Crippen molar-refractivity contribution in [3.8, 4) is 11.4 Å². The van der Waals surface area contributed by atoms with Crippen molar-refractivity contribution < 1.29 is 17.6 Å². The summed E-state index contributed by atoms with van der Waals surface area (Å²) in [6, 6.07) is 2.00. The summed E-state index contributed by atoms with van der Waals surface area (Å²) in [5.74, 6) is -2.34. The van der Waals surface area contributed by atoms with E-state index in [1.54, 1.807) is 0 Å². The number of halogens is 4. The largest absolute Gasteiger partial charge is 0.383 e. The molecule has 0 saturated heterocycles. The van der Waals surface area contributed by atoms with Crippen LogP contribution in [0.5, 0.6) is 0 Å². The molecule has 0 saturated carbocycles. The van der Waals surface area contributed by atoms with Crippen LogP contribution in [0.3, 0.4) is 0 Å². The van der Waals surface area contributed by atoms with Gasteiger partial charge in [0, 0.05) is 24.3 Å². The Morgan fingerprint density at radius 3 is 2.54 bits per heavy atom. The minimum atomic E-state index is -2.88. The molecule has 9 heteroatoms. The highest BCUT2D eigenvalue weighted by molar-refractivity contribution is 5.86. The molecule has 0 unspecified atom stereocenters. The van der Waals surface area contributed by atoms with Crippen LogP contribution in [0.1, 0.15) is 38.2 Å². The summed E-state index contributed by atoms with van der Waals surface area (Å²) in [4.78, 5) is 19.9. The van der Waals surface area contributed by atoms with Crippen molar-refractivity contribution in [3.63, 3.8) is 0 Å². The van der Waals surface area contributed by atoms with Crippen molar-refractivity contribution in [1.29, 1.82) is 0 Å². The smallest absolute Gasteiger partial charge is 0.268 e. The highest BCUT2D eigenvalue weighted by Crippen LogP contribution is 2.29. The zero-order chi connectivity index (χ0) is 20.4. The number of fused-ring (bicyclic) bond motifs is 1. The van der Waals surface area contributed by atoms with Gasteiger partial charge in [-0.25, -0.2) is 27.5 Å². The molecular weight excluding hydrogens is 376 g/mol. The number of rotatable bonds is 6. The predicted molar refractivity (Wildman–Crippen MR) is 98.0 cm³/mol. The van der Waals surface area contributed by atoms with Gasteiger partial charge >= 0.3 is 0 Å². The average Bonchev–Trinajstić information content (AvgIpc) is 2.65. The van der Waals surface area contributed by atoms with Crippen molar-refractivity contribution >= 4 is 16.6 Å². The summed E-state index contributed by atoms with van der Waals surface area (Å²) in [5, 5.41) is -0.219. The van der Waals surface area contributed by atoms with Crippen LogP contribution >= 0.6 is 0 Å². The number of hydrogen-bond donors (Lipinski definition) is 1. The van der Waals surface area contributed by atoms with Crippen molar-refractivity contribution in [3.05, 3.63) is 52.1 Å². The number of nitrogens with two attached hydrogens (primary N) is 1. The molecule has 2 aromatic heterocycles. The molecule has 2 heterocycles. The van der Waals surface area contributed by atoms with Gasteiger partial charge in [-0.2, -0.15) is 0 Å². The summed E-state index contributed by atoms with van der Waals surface area (Å²) >= 11 is 0. The molecule has 2 N–H and O–H groups in total. The quantitative estimate of drug-likeness (QED) is 0.495. The third-order valence-corrected chi connectivity index (χ3v) is 4.45. The van der Waals surface area contributed by atoms with E-state index in [1.165, 1.54) is 4.57 Å². The number of anilines is 1. The maximum atomic E-state index is 14.6. The lowest BCUT2D eigenvalue weighted by atomic mass is 10.1. The molecule has 3 aromatic rings. The van der Waals surface area contributed by atoms with Crippen molar-refractivity contribution in [1.82, 2.24) is 14.5 Å². The van der Waals surface area contributed by atoms with E-state index in [0.29, 0.717) is 13.0 Å². The number of nitrogen functional groups attached to an aromatic ring is 1. The number of alkyl halides is 2. The van der Waals surface area contributed by atoms with Crippen LogP contribution < -0.4 is 11.3 Å². The van der Waals surface area contributed by atoms with Gasteiger partial charge < -0.3 is 10.3 Å². The average molecular weight is 394 g/mol. The lowest BCUT2D eigenvalue weighted by molar-refractivity contribution is 0.151. The van der Waals surface area contributed by atoms with Gasteiger partial charge in [0.15, 0.2) is 5.82 Å². The number of nitrogens with zero attached hydrogens (tertiary/aromatic N) is 3. The van der Waals surface area contributed by atoms with Gasteiger partial charge in [-0.05, 0) is 18.6 Å². The van der Waals surface area contributed by atoms with E-state index in [1.807, 2.05) is 6.92 Å². The SMILES string of the molecule is CCCCCn1cc(F)c2cc(-c3ncc(C(F)F)c(N)n3)c(F)cc2c1=O. The molecule has 28 heavy (non-hydrogen) atoms. The molecule has 0 bridgehead atoms. The minimum absolute atomic E-state index is 0.103. The molecule has 3 rings (SSSR count). The first-order valence-corrected chi connectivity index (χ1v) is 8.76. The highest BCUT2D eigenvalue weighted by atomic mass is 19.3. The summed E-state index contributed by atoms with van der Waals surface area (Å²) in [6.45, 7) is 2.33. The molecule has 0 aliphatic heterocycles. The monoisotopic (exact) mass is 394 g/mol. The molecule has 0 aliphatic carbocycles. The van der Waals surface area contributed by atoms with Crippen molar-refractivity contribution in [2.24, 2.45) is 0 Å². The molecule has 5 nitrogen and oxygen atoms in total. The second-order valence-electron chi connectivity index (χ2n) is 6.40. The van der Waals surface area contributed by atoms with Crippen LogP contribution in [-0.4, -0.2) is 14.5 Å². The van der Waals surface area contributed by atoms with Crippen LogP contribution in [0.15, 0.2) is 29.3 Å². The van der Waals surface area contributed by atoms with E-state index in [9.17, 15) is 22.4 Å². The molecular formula is C19H18F4N4O. The molecule has 0 amide bonds. The normalized spacial score (nSPS) is 11.5. The van der Waals surface area contributed by atoms with Gasteiger partial charge in [0.05, 0.1) is 16.5 Å². The second kappa shape index (κ2) is 7.95. The molecule has 0 atom stereocenters. The minimum Gasteiger partial charge on any atom is -0.383 e. The lowest BCUT2D eigenvalue weighted by Crippen LogP contribution is -2.21. The van der Waals surface area contributed by atoms with E-state index in [0.717, 1.165) is 37.4 Å². The first-order valence-electron chi connectivity index (χ1n) is 8.76. The second-order valence-corrected chi connectivity index (χ2v) is 6.40. The number of unbranched alkanes of at least 4 members (excludes halogenated alkanes) is 2. The summed E-state index contributed by atoms with van der Waals surface area (Å²) in [5.41, 5.74) is 4.15. The first kappa shape index (κ1) is 19.8. The Bertz CT molecular complexity index is 1080. The number of pyridine rings is 1. The third kappa shape index (κ3) is 3.69. The van der Waals surface area contributed by atoms with Crippen LogP contribution in [0.2, 0.25) is 0 Å². The number of aromatic nitrogens is 3. The fourth-order valence-electron chi connectivity index (χ4n) is 2.94. The maximum Gasteiger partial charge on any atom is 0.268 e. The fourth-order valence-corrected chi connectivity index (χ4v) is 2.94. The van der Waals surface area contributed by atoms with Crippen molar-refractivity contribution in [2.45, 2.75) is 39.2 Å². The summed E-state index contributed by atoms with van der Waals surface area (Å²) in [6.07, 6.45) is 1.53. The van der Waals surface area contributed by atoms with Crippen LogP contribution in [0.4, 0.5) is 23.4 Å². The highest BCUT2D eigenvalue weighted by Gasteiger charge is 2.19. The Morgan fingerprint density at radius 1 is 1.14 bits per heavy atom. The first-order chi connectivity index (χ1) is 13.3. The van der Waals surface area contributed by atoms with Crippen molar-refractivity contribution in [2.75, 3.05) is 5.73 Å². The topological polar surface area (TPSA) is 73.8 Å². The van der Waals surface area contributed by atoms with E-state index >= 15 is 0 Å². The summed E-state index contributed by atoms with van der Waals surface area (Å²) < 4.78 is 55.9. The van der Waals surface area contributed by atoms with E-state index in [-0.39, 0.29) is 22.2 Å².